The summed E-state index contributed by atoms with van der Waals surface area (Å²) in [6.45, 7) is 0.525. The van der Waals surface area contributed by atoms with E-state index in [-0.39, 0.29) is 35.0 Å². The first-order chi connectivity index (χ1) is 16.0. The maximum absolute atomic E-state index is 12.9. The Morgan fingerprint density at radius 3 is 2.12 bits per heavy atom. The number of carbonyl (C=O) groups excluding carboxylic acids is 3. The zero-order valence-electron chi connectivity index (χ0n) is 18.3. The molecule has 168 valence electrons. The van der Waals surface area contributed by atoms with Crippen molar-refractivity contribution in [3.8, 4) is 5.75 Å². The van der Waals surface area contributed by atoms with Crippen molar-refractivity contribution >= 4 is 17.7 Å². The number of fused-ring (bicyclic) bond motifs is 2. The van der Waals surface area contributed by atoms with Gasteiger partial charge in [0.2, 0.25) is 0 Å². The summed E-state index contributed by atoms with van der Waals surface area (Å²) in [4.78, 5) is 39.5. The first kappa shape index (κ1) is 22.4. The Kier molecular flexibility index (Phi) is 6.63. The number of ketones is 2. The van der Waals surface area contributed by atoms with Crippen molar-refractivity contribution in [3.05, 3.63) is 101 Å². The lowest BCUT2D eigenvalue weighted by atomic mass is 9.84. The molecule has 1 aliphatic carbocycles. The summed E-state index contributed by atoms with van der Waals surface area (Å²) in [5, 5.41) is 0. The summed E-state index contributed by atoms with van der Waals surface area (Å²) in [7, 11) is 3.01. The molecule has 1 aliphatic rings. The number of hydrogen-bond donors (Lipinski definition) is 0. The molecular formula is C26H23NO6. The van der Waals surface area contributed by atoms with Crippen molar-refractivity contribution < 1.29 is 28.6 Å². The number of methoxy groups -OCH3 is 1. The normalized spacial score (nSPS) is 13.2. The molecular weight excluding hydrogens is 422 g/mol. The highest BCUT2D eigenvalue weighted by atomic mass is 16.6. The highest BCUT2D eigenvalue weighted by Gasteiger charge is 2.30. The first-order valence-electron chi connectivity index (χ1n) is 10.4. The van der Waals surface area contributed by atoms with Gasteiger partial charge in [-0.25, -0.2) is 4.79 Å². The molecule has 0 N–H and O–H groups in total. The number of ether oxygens (including phenoxy) is 3. The third-order valence-corrected chi connectivity index (χ3v) is 5.47. The van der Waals surface area contributed by atoms with E-state index in [1.165, 1.54) is 37.3 Å². The minimum atomic E-state index is -0.680. The molecule has 3 aromatic carbocycles. The first-order valence-corrected chi connectivity index (χ1v) is 10.4. The molecule has 1 amide bonds. The molecule has 0 aromatic heterocycles. The van der Waals surface area contributed by atoms with Crippen LogP contribution in [0.4, 0.5) is 4.79 Å². The lowest BCUT2D eigenvalue weighted by molar-refractivity contribution is -0.0651. The van der Waals surface area contributed by atoms with Gasteiger partial charge < -0.3 is 14.2 Å². The maximum atomic E-state index is 12.9. The molecule has 3 aromatic rings. The van der Waals surface area contributed by atoms with Gasteiger partial charge in [-0.3, -0.25) is 14.5 Å². The Hall–Kier alpha value is -3.81. The molecule has 4 rings (SSSR count). The Morgan fingerprint density at radius 1 is 0.848 bits per heavy atom. The smallest absolute Gasteiger partial charge is 0.410 e. The van der Waals surface area contributed by atoms with Gasteiger partial charge in [-0.1, -0.05) is 54.6 Å². The van der Waals surface area contributed by atoms with E-state index >= 15 is 0 Å². The van der Waals surface area contributed by atoms with Gasteiger partial charge in [0.05, 0.1) is 13.2 Å². The van der Waals surface area contributed by atoms with E-state index in [4.69, 9.17) is 14.2 Å². The molecule has 0 saturated heterocycles. The third-order valence-electron chi connectivity index (χ3n) is 5.47. The zero-order chi connectivity index (χ0) is 23.4. The average Bonchev–Trinajstić information content (AvgIpc) is 2.85. The topological polar surface area (TPSA) is 82.1 Å². The highest BCUT2D eigenvalue weighted by Crippen LogP contribution is 2.30. The number of amides is 1. The van der Waals surface area contributed by atoms with Crippen LogP contribution in [0.1, 0.15) is 37.4 Å². The maximum Gasteiger partial charge on any atom is 0.417 e. The van der Waals surface area contributed by atoms with Crippen LogP contribution >= 0.6 is 0 Å². The molecule has 0 aliphatic heterocycles. The molecule has 0 heterocycles. The quantitative estimate of drug-likeness (QED) is 0.399. The number of rotatable bonds is 7. The summed E-state index contributed by atoms with van der Waals surface area (Å²) in [6, 6.07) is 20.8. The van der Waals surface area contributed by atoms with E-state index in [1.807, 2.05) is 30.3 Å². The van der Waals surface area contributed by atoms with Crippen LogP contribution in [-0.4, -0.2) is 49.6 Å². The number of carbonyl (C=O) groups is 3. The van der Waals surface area contributed by atoms with Crippen molar-refractivity contribution in [2.45, 2.75) is 12.8 Å². The van der Waals surface area contributed by atoms with Crippen molar-refractivity contribution in [1.29, 1.82) is 0 Å². The fourth-order valence-corrected chi connectivity index (χ4v) is 3.62. The SMILES string of the molecule is COC(COCc1ccccc1)N(C)C(=O)Oc1ccc2c(c1)C(=O)c1ccccc1C2=O. The summed E-state index contributed by atoms with van der Waals surface area (Å²) >= 11 is 0. The van der Waals surface area contributed by atoms with Crippen molar-refractivity contribution in [3.63, 3.8) is 0 Å². The molecule has 0 radical (unpaired) electrons. The monoisotopic (exact) mass is 445 g/mol. The lowest BCUT2D eigenvalue weighted by Crippen LogP contribution is -2.42. The minimum Gasteiger partial charge on any atom is -0.410 e. The molecule has 33 heavy (non-hydrogen) atoms. The second-order valence-electron chi connectivity index (χ2n) is 7.58. The summed E-state index contributed by atoms with van der Waals surface area (Å²) < 4.78 is 16.5. The van der Waals surface area contributed by atoms with Gasteiger partial charge in [-0.2, -0.15) is 0 Å². The number of hydrogen-bond acceptors (Lipinski definition) is 6. The van der Waals surface area contributed by atoms with Gasteiger partial charge in [-0.05, 0) is 23.8 Å². The van der Waals surface area contributed by atoms with Crippen LogP contribution in [0.15, 0.2) is 72.8 Å². The van der Waals surface area contributed by atoms with Crippen molar-refractivity contribution in [1.82, 2.24) is 4.90 Å². The lowest BCUT2D eigenvalue weighted by Gasteiger charge is -2.26. The fraction of sp³-hybridized carbons (Fsp3) is 0.192. The Bertz CT molecular complexity index is 1190. The minimum absolute atomic E-state index is 0.144. The van der Waals surface area contributed by atoms with E-state index in [0.29, 0.717) is 17.7 Å². The standard InChI is InChI=1S/C26H23NO6/c1-27(23(31-2)16-32-15-17-8-4-3-5-9-17)26(30)33-18-12-13-21-22(14-18)25(29)20-11-7-6-10-19(20)24(21)28/h3-14,23H,15-16H2,1-2H3. The van der Waals surface area contributed by atoms with Crippen LogP contribution in [0, 0.1) is 0 Å². The van der Waals surface area contributed by atoms with Crippen LogP contribution in [0.25, 0.3) is 0 Å². The number of nitrogens with zero attached hydrogens (tertiary/aromatic N) is 1. The van der Waals surface area contributed by atoms with Crippen LogP contribution < -0.4 is 4.74 Å². The van der Waals surface area contributed by atoms with E-state index in [0.717, 1.165) is 5.56 Å². The van der Waals surface area contributed by atoms with Crippen molar-refractivity contribution in [2.24, 2.45) is 0 Å². The molecule has 0 spiro atoms. The van der Waals surface area contributed by atoms with Gasteiger partial charge in [-0.15, -0.1) is 0 Å². The van der Waals surface area contributed by atoms with Crippen LogP contribution in [-0.2, 0) is 16.1 Å². The van der Waals surface area contributed by atoms with Gasteiger partial charge >= 0.3 is 6.09 Å². The largest absolute Gasteiger partial charge is 0.417 e. The van der Waals surface area contributed by atoms with Gasteiger partial charge in [0.25, 0.3) is 0 Å². The van der Waals surface area contributed by atoms with Gasteiger partial charge in [0.1, 0.15) is 5.75 Å². The number of likely N-dealkylation sites (N-methyl/N-ethyl adjacent to an activating group) is 1. The molecule has 7 nitrogen and oxygen atoms in total. The predicted octanol–water partition coefficient (Wildman–Crippen LogP) is 4.08. The molecule has 0 saturated carbocycles. The fourth-order valence-electron chi connectivity index (χ4n) is 3.62. The summed E-state index contributed by atoms with van der Waals surface area (Å²) in [5.74, 6) is -0.355. The number of benzene rings is 3. The van der Waals surface area contributed by atoms with Gasteiger partial charge in [0, 0.05) is 36.4 Å². The molecule has 0 bridgehead atoms. The van der Waals surface area contributed by atoms with E-state index in [2.05, 4.69) is 0 Å². The van der Waals surface area contributed by atoms with E-state index < -0.39 is 12.3 Å². The van der Waals surface area contributed by atoms with E-state index in [9.17, 15) is 14.4 Å². The predicted molar refractivity (Wildman–Crippen MR) is 120 cm³/mol. The zero-order valence-corrected chi connectivity index (χ0v) is 18.3. The Balaban J connectivity index is 1.42. The summed E-state index contributed by atoms with van der Waals surface area (Å²) in [6.07, 6.45) is -1.35. The van der Waals surface area contributed by atoms with Crippen molar-refractivity contribution in [2.75, 3.05) is 20.8 Å². The molecule has 1 atom stereocenters. The van der Waals surface area contributed by atoms with Gasteiger partial charge in [0.15, 0.2) is 17.8 Å². The Labute approximate surface area is 191 Å². The van der Waals surface area contributed by atoms with Crippen LogP contribution in [0.2, 0.25) is 0 Å². The molecule has 0 fully saturated rings. The molecule has 7 heteroatoms. The molecule has 1 unspecified atom stereocenters. The van der Waals surface area contributed by atoms with Crippen LogP contribution in [0.3, 0.4) is 0 Å². The Morgan fingerprint density at radius 2 is 1.45 bits per heavy atom. The summed E-state index contributed by atoms with van der Waals surface area (Å²) in [5.41, 5.74) is 2.22. The highest BCUT2D eigenvalue weighted by molar-refractivity contribution is 6.28. The average molecular weight is 445 g/mol. The second-order valence-corrected chi connectivity index (χ2v) is 7.58. The third kappa shape index (κ3) is 4.69. The van der Waals surface area contributed by atoms with Crippen LogP contribution in [0.5, 0.6) is 5.75 Å². The van der Waals surface area contributed by atoms with E-state index in [1.54, 1.807) is 24.3 Å². The second kappa shape index (κ2) is 9.77.